The average Bonchev–Trinajstić information content (AvgIpc) is 3.17. The molecule has 146 valence electrons. The number of para-hydroxylation sites is 1. The summed E-state index contributed by atoms with van der Waals surface area (Å²) in [5.41, 5.74) is 1.78. The minimum atomic E-state index is -0.390. The summed E-state index contributed by atoms with van der Waals surface area (Å²) in [5, 5.41) is 0. The first-order valence-electron chi connectivity index (χ1n) is 9.33. The lowest BCUT2D eigenvalue weighted by atomic mass is 10.3. The first kappa shape index (κ1) is 18.2. The van der Waals surface area contributed by atoms with Crippen molar-refractivity contribution in [2.75, 3.05) is 0 Å². The number of fused-ring (bicyclic) bond motifs is 3. The molecule has 0 amide bonds. The molecule has 0 fully saturated rings. The number of imidazole rings is 2. The second kappa shape index (κ2) is 6.47. The minimum absolute atomic E-state index is 0.297. The maximum atomic E-state index is 14.5. The number of halogens is 1. The van der Waals surface area contributed by atoms with E-state index in [4.69, 9.17) is 0 Å². The Morgan fingerprint density at radius 2 is 1.82 bits per heavy atom. The van der Waals surface area contributed by atoms with Gasteiger partial charge in [0, 0.05) is 25.0 Å². The maximum absolute atomic E-state index is 14.5. The van der Waals surface area contributed by atoms with E-state index in [-0.39, 0.29) is 11.4 Å². The Bertz CT molecular complexity index is 1340. The molecule has 7 nitrogen and oxygen atoms in total. The van der Waals surface area contributed by atoms with Crippen LogP contribution in [0.15, 0.2) is 33.9 Å². The molecule has 0 saturated heterocycles. The summed E-state index contributed by atoms with van der Waals surface area (Å²) in [7, 11) is 1.61. The summed E-state index contributed by atoms with van der Waals surface area (Å²) in [6.07, 6.45) is 1.61. The molecule has 28 heavy (non-hydrogen) atoms. The average molecular weight is 383 g/mol. The van der Waals surface area contributed by atoms with E-state index in [9.17, 15) is 14.0 Å². The zero-order valence-corrected chi connectivity index (χ0v) is 16.4. The fourth-order valence-electron chi connectivity index (χ4n) is 3.69. The zero-order valence-electron chi connectivity index (χ0n) is 16.4. The Labute approximate surface area is 160 Å². The van der Waals surface area contributed by atoms with Crippen molar-refractivity contribution in [3.05, 3.63) is 62.3 Å². The predicted molar refractivity (Wildman–Crippen MR) is 106 cm³/mol. The smallest absolute Gasteiger partial charge is 0.280 e. The molecule has 3 aromatic heterocycles. The molecule has 4 rings (SSSR count). The van der Waals surface area contributed by atoms with Crippen molar-refractivity contribution in [1.29, 1.82) is 0 Å². The lowest BCUT2D eigenvalue weighted by Crippen LogP contribution is -2.39. The van der Waals surface area contributed by atoms with Crippen molar-refractivity contribution >= 4 is 16.9 Å². The van der Waals surface area contributed by atoms with Gasteiger partial charge in [-0.1, -0.05) is 25.5 Å². The van der Waals surface area contributed by atoms with Gasteiger partial charge in [0.05, 0.1) is 5.69 Å². The molecule has 4 aromatic rings. The van der Waals surface area contributed by atoms with Crippen LogP contribution in [0.3, 0.4) is 0 Å². The number of hydrogen-bond donors (Lipinski definition) is 0. The monoisotopic (exact) mass is 383 g/mol. The highest BCUT2D eigenvalue weighted by Crippen LogP contribution is 2.25. The van der Waals surface area contributed by atoms with Crippen LogP contribution in [0.5, 0.6) is 0 Å². The fraction of sp³-hybridized carbons (Fsp3) is 0.350. The first-order valence-corrected chi connectivity index (χ1v) is 9.33. The van der Waals surface area contributed by atoms with E-state index in [0.29, 0.717) is 29.2 Å². The molecule has 0 atom stereocenters. The van der Waals surface area contributed by atoms with Gasteiger partial charge >= 0.3 is 5.69 Å². The molecular weight excluding hydrogens is 361 g/mol. The van der Waals surface area contributed by atoms with E-state index >= 15 is 0 Å². The number of aryl methyl sites for hydroxylation is 2. The van der Waals surface area contributed by atoms with Gasteiger partial charge in [-0.2, -0.15) is 4.98 Å². The van der Waals surface area contributed by atoms with Gasteiger partial charge in [-0.05, 0) is 32.4 Å². The molecule has 0 spiro atoms. The number of rotatable bonds is 4. The van der Waals surface area contributed by atoms with Gasteiger partial charge in [-0.15, -0.1) is 0 Å². The van der Waals surface area contributed by atoms with E-state index in [1.54, 1.807) is 34.2 Å². The van der Waals surface area contributed by atoms with Gasteiger partial charge in [-0.3, -0.25) is 22.9 Å². The molecule has 0 radical (unpaired) electrons. The standard InChI is InChI=1S/C20H22FN5O2/c1-5-6-11-24-18(27)16-17(23(4)20(24)28)22-19-25(12(2)13(3)26(16)19)15-10-8-7-9-14(15)21/h7-10H,5-6,11H2,1-4H3. The highest BCUT2D eigenvalue weighted by atomic mass is 19.1. The molecule has 3 heterocycles. The molecular formula is C20H22FN5O2. The van der Waals surface area contributed by atoms with E-state index in [1.165, 1.54) is 15.2 Å². The number of aromatic nitrogens is 5. The maximum Gasteiger partial charge on any atom is 0.332 e. The lowest BCUT2D eigenvalue weighted by molar-refractivity contribution is 0.566. The van der Waals surface area contributed by atoms with Crippen molar-refractivity contribution in [2.24, 2.45) is 7.05 Å². The molecule has 8 heteroatoms. The highest BCUT2D eigenvalue weighted by Gasteiger charge is 2.23. The Morgan fingerprint density at radius 1 is 1.11 bits per heavy atom. The number of benzene rings is 1. The van der Waals surface area contributed by atoms with Crippen molar-refractivity contribution in [3.63, 3.8) is 0 Å². The van der Waals surface area contributed by atoms with Crippen LogP contribution in [0.25, 0.3) is 22.6 Å². The summed E-state index contributed by atoms with van der Waals surface area (Å²) in [4.78, 5) is 30.4. The molecule has 0 saturated carbocycles. The van der Waals surface area contributed by atoms with Crippen LogP contribution >= 0.6 is 0 Å². The van der Waals surface area contributed by atoms with Crippen molar-refractivity contribution in [3.8, 4) is 5.69 Å². The van der Waals surface area contributed by atoms with E-state index < -0.39 is 5.69 Å². The van der Waals surface area contributed by atoms with Crippen molar-refractivity contribution in [2.45, 2.75) is 40.2 Å². The van der Waals surface area contributed by atoms with Gasteiger partial charge in [-0.25, -0.2) is 9.18 Å². The Hall–Kier alpha value is -3.16. The Balaban J connectivity index is 2.17. The fourth-order valence-corrected chi connectivity index (χ4v) is 3.69. The molecule has 0 unspecified atom stereocenters. The summed E-state index contributed by atoms with van der Waals surface area (Å²) in [6.45, 7) is 6.09. The van der Waals surface area contributed by atoms with Crippen LogP contribution in [0.4, 0.5) is 4.39 Å². The molecule has 0 aliphatic rings. The molecule has 0 aliphatic carbocycles. The van der Waals surface area contributed by atoms with Gasteiger partial charge < -0.3 is 0 Å². The van der Waals surface area contributed by atoms with Crippen LogP contribution in [0, 0.1) is 19.7 Å². The summed E-state index contributed by atoms with van der Waals surface area (Å²) >= 11 is 0. The topological polar surface area (TPSA) is 66.2 Å². The largest absolute Gasteiger partial charge is 0.332 e. The molecule has 1 aromatic carbocycles. The highest BCUT2D eigenvalue weighted by molar-refractivity contribution is 5.77. The first-order chi connectivity index (χ1) is 13.4. The van der Waals surface area contributed by atoms with Crippen molar-refractivity contribution < 1.29 is 4.39 Å². The van der Waals surface area contributed by atoms with E-state index in [0.717, 1.165) is 24.2 Å². The number of hydrogen-bond acceptors (Lipinski definition) is 3. The third-order valence-corrected chi connectivity index (χ3v) is 5.35. The molecule has 0 N–H and O–H groups in total. The predicted octanol–water partition coefficient (Wildman–Crippen LogP) is 2.69. The Morgan fingerprint density at radius 3 is 2.50 bits per heavy atom. The van der Waals surface area contributed by atoms with Crippen LogP contribution in [-0.2, 0) is 13.6 Å². The van der Waals surface area contributed by atoms with E-state index in [1.807, 2.05) is 20.8 Å². The number of unbranched alkanes of at least 4 members (excludes halogenated alkanes) is 1. The van der Waals surface area contributed by atoms with Crippen LogP contribution in [0.2, 0.25) is 0 Å². The van der Waals surface area contributed by atoms with Gasteiger partial charge in [0.25, 0.3) is 5.56 Å². The Kier molecular flexibility index (Phi) is 4.21. The third kappa shape index (κ3) is 2.37. The van der Waals surface area contributed by atoms with E-state index in [2.05, 4.69) is 4.98 Å². The lowest BCUT2D eigenvalue weighted by Gasteiger charge is -2.08. The molecule has 0 bridgehead atoms. The minimum Gasteiger partial charge on any atom is -0.280 e. The third-order valence-electron chi connectivity index (χ3n) is 5.35. The zero-order chi connectivity index (χ0) is 20.2. The van der Waals surface area contributed by atoms with Crippen molar-refractivity contribution in [1.82, 2.24) is 23.1 Å². The summed E-state index contributed by atoms with van der Waals surface area (Å²) in [6, 6.07) is 6.43. The van der Waals surface area contributed by atoms with Gasteiger partial charge in [0.2, 0.25) is 5.78 Å². The SMILES string of the molecule is CCCCn1c(=O)c2c(nc3n(-c4ccccc4F)c(C)c(C)n23)n(C)c1=O. The summed E-state index contributed by atoms with van der Waals surface area (Å²) in [5.74, 6) is 0.0276. The van der Waals surface area contributed by atoms with Gasteiger partial charge in [0.1, 0.15) is 5.82 Å². The normalized spacial score (nSPS) is 11.8. The van der Waals surface area contributed by atoms with Crippen LogP contribution in [0.1, 0.15) is 31.2 Å². The van der Waals surface area contributed by atoms with Gasteiger partial charge in [0.15, 0.2) is 11.2 Å². The second-order valence-electron chi connectivity index (χ2n) is 7.03. The summed E-state index contributed by atoms with van der Waals surface area (Å²) < 4.78 is 20.6. The number of nitrogens with zero attached hydrogens (tertiary/aromatic N) is 5. The molecule has 0 aliphatic heterocycles. The quantitative estimate of drug-likeness (QED) is 0.544. The second-order valence-corrected chi connectivity index (χ2v) is 7.03. The van der Waals surface area contributed by atoms with Crippen LogP contribution < -0.4 is 11.2 Å². The van der Waals surface area contributed by atoms with Crippen LogP contribution in [-0.4, -0.2) is 23.1 Å².